The van der Waals surface area contributed by atoms with Crippen molar-refractivity contribution in [2.75, 3.05) is 6.61 Å². The topological polar surface area (TPSA) is 82.5 Å². The highest BCUT2D eigenvalue weighted by Gasteiger charge is 2.37. The summed E-state index contributed by atoms with van der Waals surface area (Å²) in [6.45, 7) is 1.96. The van der Waals surface area contributed by atoms with E-state index in [-0.39, 0.29) is 23.7 Å². The summed E-state index contributed by atoms with van der Waals surface area (Å²) < 4.78 is 11.0. The summed E-state index contributed by atoms with van der Waals surface area (Å²) in [5.74, 6) is -0.0326. The number of rotatable bonds is 6. The molecule has 1 fully saturated rings. The molecule has 1 aliphatic rings. The van der Waals surface area contributed by atoms with Gasteiger partial charge in [0.15, 0.2) is 0 Å². The van der Waals surface area contributed by atoms with Gasteiger partial charge in [-0.1, -0.05) is 30.3 Å². The molecule has 3 rings (SSSR count). The Kier molecular flexibility index (Phi) is 4.19. The molecule has 2 N–H and O–H groups in total. The van der Waals surface area contributed by atoms with Crippen LogP contribution in [0.15, 0.2) is 34.7 Å². The fraction of sp³-hybridized carbons (Fsp3) is 0.333. The van der Waals surface area contributed by atoms with E-state index >= 15 is 0 Å². The summed E-state index contributed by atoms with van der Waals surface area (Å²) in [6, 6.07) is 9.62. The van der Waals surface area contributed by atoms with Gasteiger partial charge in [-0.05, 0) is 25.3 Å². The van der Waals surface area contributed by atoms with Crippen molar-refractivity contribution in [2.45, 2.75) is 32.1 Å². The molecule has 0 saturated heterocycles. The summed E-state index contributed by atoms with van der Waals surface area (Å²) in [5.41, 5.74) is 6.89. The smallest absolute Gasteiger partial charge is 0.342 e. The number of carbonyl (C=O) groups is 2. The number of amides is 1. The molecule has 1 heterocycles. The molecule has 23 heavy (non-hydrogen) atoms. The van der Waals surface area contributed by atoms with Gasteiger partial charge in [-0.2, -0.15) is 0 Å². The molecular formula is C18H19NO4. The highest BCUT2D eigenvalue weighted by molar-refractivity contribution is 6.06. The van der Waals surface area contributed by atoms with E-state index in [0.717, 1.165) is 18.4 Å². The molecule has 1 aromatic heterocycles. The first kappa shape index (κ1) is 15.3. The minimum absolute atomic E-state index is 0.161. The Labute approximate surface area is 134 Å². The van der Waals surface area contributed by atoms with E-state index in [9.17, 15) is 9.59 Å². The quantitative estimate of drug-likeness (QED) is 0.831. The molecule has 2 aromatic rings. The van der Waals surface area contributed by atoms with Crippen LogP contribution in [0.1, 0.15) is 63.5 Å². The van der Waals surface area contributed by atoms with Crippen molar-refractivity contribution < 1.29 is 18.7 Å². The Morgan fingerprint density at radius 1 is 1.22 bits per heavy atom. The second-order valence-corrected chi connectivity index (χ2v) is 5.66. The lowest BCUT2D eigenvalue weighted by Gasteiger charge is -2.03. The van der Waals surface area contributed by atoms with Gasteiger partial charge in [0.05, 0.1) is 12.2 Å². The second-order valence-electron chi connectivity index (χ2n) is 5.66. The molecule has 0 atom stereocenters. The number of hydrogen-bond donors (Lipinski definition) is 1. The summed E-state index contributed by atoms with van der Waals surface area (Å²) in [6.07, 6.45) is 2.31. The first-order valence-electron chi connectivity index (χ1n) is 7.78. The molecule has 0 unspecified atom stereocenters. The minimum atomic E-state index is -0.658. The third-order valence-corrected chi connectivity index (χ3v) is 3.89. The van der Waals surface area contributed by atoms with Crippen molar-refractivity contribution in [2.24, 2.45) is 5.73 Å². The van der Waals surface area contributed by atoms with E-state index in [2.05, 4.69) is 0 Å². The predicted molar refractivity (Wildman–Crippen MR) is 84.4 cm³/mol. The maximum Gasteiger partial charge on any atom is 0.342 e. The molecule has 0 radical (unpaired) electrons. The van der Waals surface area contributed by atoms with Crippen LogP contribution in [-0.2, 0) is 11.2 Å². The van der Waals surface area contributed by atoms with E-state index < -0.39 is 11.9 Å². The van der Waals surface area contributed by atoms with Crippen molar-refractivity contribution in [3.05, 3.63) is 58.5 Å². The minimum Gasteiger partial charge on any atom is -0.464 e. The van der Waals surface area contributed by atoms with Crippen LogP contribution in [0, 0.1) is 0 Å². The molecular weight excluding hydrogens is 294 g/mol. The number of primary amides is 1. The maximum atomic E-state index is 12.3. The zero-order chi connectivity index (χ0) is 16.4. The summed E-state index contributed by atoms with van der Waals surface area (Å²) in [5, 5.41) is 0. The summed E-state index contributed by atoms with van der Waals surface area (Å²) >= 11 is 0. The first-order valence-corrected chi connectivity index (χ1v) is 7.78. The van der Waals surface area contributed by atoms with Gasteiger partial charge in [0, 0.05) is 12.3 Å². The van der Waals surface area contributed by atoms with Crippen molar-refractivity contribution in [3.8, 4) is 0 Å². The number of carbonyl (C=O) groups excluding carboxylic acids is 2. The highest BCUT2D eigenvalue weighted by atomic mass is 16.5. The fourth-order valence-electron chi connectivity index (χ4n) is 2.70. The highest BCUT2D eigenvalue weighted by Crippen LogP contribution is 2.44. The lowest BCUT2D eigenvalue weighted by molar-refractivity contribution is 0.0520. The molecule has 0 spiro atoms. The second kappa shape index (κ2) is 6.28. The largest absolute Gasteiger partial charge is 0.464 e. The van der Waals surface area contributed by atoms with Crippen LogP contribution in [0.2, 0.25) is 0 Å². The average molecular weight is 313 g/mol. The molecule has 1 amide bonds. The van der Waals surface area contributed by atoms with E-state index in [0.29, 0.717) is 17.9 Å². The Balaban J connectivity index is 2.06. The van der Waals surface area contributed by atoms with Crippen LogP contribution in [0.25, 0.3) is 0 Å². The molecule has 5 nitrogen and oxygen atoms in total. The lowest BCUT2D eigenvalue weighted by atomic mass is 10.0. The van der Waals surface area contributed by atoms with Gasteiger partial charge in [-0.3, -0.25) is 4.79 Å². The van der Waals surface area contributed by atoms with E-state index in [4.69, 9.17) is 14.9 Å². The Morgan fingerprint density at radius 3 is 2.48 bits per heavy atom. The van der Waals surface area contributed by atoms with Gasteiger partial charge >= 0.3 is 5.97 Å². The zero-order valence-electron chi connectivity index (χ0n) is 13.0. The van der Waals surface area contributed by atoms with Gasteiger partial charge < -0.3 is 14.9 Å². The molecule has 0 aliphatic heterocycles. The number of benzene rings is 1. The van der Waals surface area contributed by atoms with Crippen molar-refractivity contribution in [1.82, 2.24) is 0 Å². The Bertz CT molecular complexity index is 729. The van der Waals surface area contributed by atoms with Crippen LogP contribution in [0.3, 0.4) is 0 Å². The SMILES string of the molecule is CCOC(=O)c1c(C2CC2)oc(Cc2ccccc2)c1C(N)=O. The number of furan rings is 1. The van der Waals surface area contributed by atoms with E-state index in [1.54, 1.807) is 6.92 Å². The van der Waals surface area contributed by atoms with Gasteiger partial charge in [-0.15, -0.1) is 0 Å². The molecule has 0 bridgehead atoms. The Hall–Kier alpha value is -2.56. The Morgan fingerprint density at radius 2 is 1.91 bits per heavy atom. The molecule has 1 saturated carbocycles. The third kappa shape index (κ3) is 3.13. The fourth-order valence-corrected chi connectivity index (χ4v) is 2.70. The maximum absolute atomic E-state index is 12.3. The van der Waals surface area contributed by atoms with Gasteiger partial charge in [-0.25, -0.2) is 4.79 Å². The average Bonchev–Trinajstić information content (AvgIpc) is 3.30. The molecule has 1 aliphatic carbocycles. The normalized spacial score (nSPS) is 13.8. The first-order chi connectivity index (χ1) is 11.1. The predicted octanol–water partition coefficient (Wildman–Crippen LogP) is 3.02. The third-order valence-electron chi connectivity index (χ3n) is 3.89. The van der Waals surface area contributed by atoms with Crippen molar-refractivity contribution in [3.63, 3.8) is 0 Å². The standard InChI is InChI=1S/C18H19NO4/c1-2-22-18(21)15-14(17(19)20)13(23-16(15)12-8-9-12)10-11-6-4-3-5-7-11/h3-7,12H,2,8-10H2,1H3,(H2,19,20). The van der Waals surface area contributed by atoms with E-state index in [1.807, 2.05) is 30.3 Å². The van der Waals surface area contributed by atoms with Gasteiger partial charge in [0.25, 0.3) is 5.91 Å². The van der Waals surface area contributed by atoms with Crippen LogP contribution in [0.4, 0.5) is 0 Å². The van der Waals surface area contributed by atoms with Gasteiger partial charge in [0.2, 0.25) is 0 Å². The monoisotopic (exact) mass is 313 g/mol. The van der Waals surface area contributed by atoms with Crippen molar-refractivity contribution >= 4 is 11.9 Å². The lowest BCUT2D eigenvalue weighted by Crippen LogP contribution is -2.18. The number of esters is 1. The molecule has 120 valence electrons. The summed E-state index contributed by atoms with van der Waals surface area (Å²) in [4.78, 5) is 24.3. The zero-order valence-corrected chi connectivity index (χ0v) is 13.0. The van der Waals surface area contributed by atoms with Crippen LogP contribution >= 0.6 is 0 Å². The van der Waals surface area contributed by atoms with Gasteiger partial charge in [0.1, 0.15) is 17.1 Å². The van der Waals surface area contributed by atoms with Crippen LogP contribution in [0.5, 0.6) is 0 Å². The van der Waals surface area contributed by atoms with Crippen molar-refractivity contribution in [1.29, 1.82) is 0 Å². The molecule has 5 heteroatoms. The number of hydrogen-bond acceptors (Lipinski definition) is 4. The van der Waals surface area contributed by atoms with E-state index in [1.165, 1.54) is 0 Å². The van der Waals surface area contributed by atoms with Crippen LogP contribution in [-0.4, -0.2) is 18.5 Å². The number of ether oxygens (including phenoxy) is 1. The summed E-state index contributed by atoms with van der Waals surface area (Å²) in [7, 11) is 0. The van der Waals surface area contributed by atoms with Crippen LogP contribution < -0.4 is 5.73 Å². The number of nitrogens with two attached hydrogens (primary N) is 1. The molecule has 1 aromatic carbocycles.